The molecule has 2 aromatic rings. The summed E-state index contributed by atoms with van der Waals surface area (Å²) >= 11 is 0. The Morgan fingerprint density at radius 2 is 1.67 bits per heavy atom. The van der Waals surface area contributed by atoms with Gasteiger partial charge in [-0.3, -0.25) is 4.90 Å². The Kier molecular flexibility index (Phi) is 9.07. The molecule has 2 fully saturated rings. The minimum absolute atomic E-state index is 0.0953. The quantitative estimate of drug-likeness (QED) is 0.502. The number of fused-ring (bicyclic) bond motifs is 2. The van der Waals surface area contributed by atoms with Crippen molar-refractivity contribution in [1.82, 2.24) is 9.96 Å². The summed E-state index contributed by atoms with van der Waals surface area (Å²) < 4.78 is 17.0. The third kappa shape index (κ3) is 8.17. The molecule has 10 heteroatoms. The number of carbonyl (C=O) groups is 2. The van der Waals surface area contributed by atoms with Gasteiger partial charge < -0.3 is 24.2 Å². The van der Waals surface area contributed by atoms with Crippen LogP contribution in [0.1, 0.15) is 36.7 Å². The third-order valence-corrected chi connectivity index (χ3v) is 6.53. The molecule has 0 spiro atoms. The number of piperidine rings is 2. The van der Waals surface area contributed by atoms with Crippen molar-refractivity contribution >= 4 is 12.1 Å². The molecule has 208 valence electrons. The van der Waals surface area contributed by atoms with Gasteiger partial charge in [0.25, 0.3) is 0 Å². The molecule has 2 aliphatic heterocycles. The first kappa shape index (κ1) is 28.4. The van der Waals surface area contributed by atoms with E-state index < -0.39 is 17.9 Å². The van der Waals surface area contributed by atoms with Gasteiger partial charge in [0.2, 0.25) is 0 Å². The number of likely N-dealkylation sites (tertiary alicyclic amines) is 1. The Morgan fingerprint density at radius 3 is 2.26 bits per heavy atom. The number of aliphatic hydroxyl groups is 1. The monoisotopic (exact) mass is 537 g/mol. The van der Waals surface area contributed by atoms with Gasteiger partial charge in [0.05, 0.1) is 17.2 Å². The molecule has 0 aromatic heterocycles. The number of nitrogens with zero attached hydrogens (tertiary/aromatic N) is 3. The minimum Gasteiger partial charge on any atom is -0.491 e. The van der Waals surface area contributed by atoms with Crippen molar-refractivity contribution in [3.05, 3.63) is 65.7 Å². The molecule has 39 heavy (non-hydrogen) atoms. The largest absolute Gasteiger partial charge is 0.528 e. The van der Waals surface area contributed by atoms with Gasteiger partial charge >= 0.3 is 12.1 Å². The molecular weight excluding hydrogens is 502 g/mol. The maximum Gasteiger partial charge on any atom is 0.528 e. The molecule has 2 heterocycles. The first-order valence-corrected chi connectivity index (χ1v) is 13.0. The van der Waals surface area contributed by atoms with Gasteiger partial charge in [0, 0.05) is 44.6 Å². The highest BCUT2D eigenvalue weighted by molar-refractivity contribution is 5.89. The number of hydrogen-bond donors (Lipinski definition) is 1. The predicted octanol–water partition coefficient (Wildman–Crippen LogP) is 3.25. The SMILES string of the molecule is CC(C)(C)OC(=O)ON1CC2CN(CC(O)COc3ccc(C#N)cc3)CC(C1)C2OC(=O)c1ccccc1. The molecule has 0 radical (unpaired) electrons. The molecule has 3 unspecified atom stereocenters. The lowest BCUT2D eigenvalue weighted by atomic mass is 9.82. The van der Waals surface area contributed by atoms with Crippen LogP contribution in [0.4, 0.5) is 4.79 Å². The number of benzene rings is 2. The van der Waals surface area contributed by atoms with E-state index in [2.05, 4.69) is 11.0 Å². The Balaban J connectivity index is 1.37. The topological polar surface area (TPSA) is 122 Å². The van der Waals surface area contributed by atoms with Gasteiger partial charge in [-0.15, -0.1) is 5.06 Å². The van der Waals surface area contributed by atoms with Crippen LogP contribution in [0.2, 0.25) is 0 Å². The standard InChI is InChI=1S/C29H35N3O7/c1-29(2,3)38-28(35)39-32-16-22-14-31(18-24(33)19-36-25-11-9-20(13-30)10-12-25)15-23(17-32)26(22)37-27(34)21-7-5-4-6-8-21/h4-12,22-24,26,33H,14-19H2,1-3H3. The molecule has 0 aliphatic carbocycles. The van der Waals surface area contributed by atoms with Crippen molar-refractivity contribution in [3.63, 3.8) is 0 Å². The average molecular weight is 538 g/mol. The lowest BCUT2D eigenvalue weighted by Crippen LogP contribution is -2.62. The molecule has 2 bridgehead atoms. The lowest BCUT2D eigenvalue weighted by molar-refractivity contribution is -0.205. The number of esters is 1. The average Bonchev–Trinajstić information content (AvgIpc) is 2.88. The number of aliphatic hydroxyl groups excluding tert-OH is 1. The van der Waals surface area contributed by atoms with E-state index in [0.29, 0.717) is 49.6 Å². The van der Waals surface area contributed by atoms with E-state index in [0.717, 1.165) is 0 Å². The smallest absolute Gasteiger partial charge is 0.491 e. The number of rotatable bonds is 8. The maximum atomic E-state index is 12.9. The number of β-amino-alcohol motifs (C(OH)–C–C–N with tert-alkyl or cyclic N) is 1. The van der Waals surface area contributed by atoms with E-state index in [1.807, 2.05) is 6.07 Å². The number of nitriles is 1. The van der Waals surface area contributed by atoms with Crippen LogP contribution in [0.5, 0.6) is 5.75 Å². The van der Waals surface area contributed by atoms with E-state index in [1.165, 1.54) is 0 Å². The molecule has 1 N–H and O–H groups in total. The van der Waals surface area contributed by atoms with Crippen molar-refractivity contribution in [2.75, 3.05) is 39.3 Å². The normalized spacial score (nSPS) is 22.3. The molecule has 4 rings (SSSR count). The van der Waals surface area contributed by atoms with Gasteiger partial charge in [0.1, 0.15) is 30.2 Å². The zero-order valence-corrected chi connectivity index (χ0v) is 22.5. The fourth-order valence-electron chi connectivity index (χ4n) is 4.98. The second-order valence-corrected chi connectivity index (χ2v) is 11.0. The number of carbonyl (C=O) groups excluding carboxylic acids is 2. The first-order valence-electron chi connectivity index (χ1n) is 13.0. The number of hydrogen-bond acceptors (Lipinski definition) is 10. The highest BCUT2D eigenvalue weighted by Gasteiger charge is 2.46. The summed E-state index contributed by atoms with van der Waals surface area (Å²) in [6, 6.07) is 17.6. The van der Waals surface area contributed by atoms with E-state index in [-0.39, 0.29) is 30.5 Å². The number of hydroxylamine groups is 2. The zero-order valence-electron chi connectivity index (χ0n) is 22.5. The fourth-order valence-corrected chi connectivity index (χ4v) is 4.98. The first-order chi connectivity index (χ1) is 18.6. The summed E-state index contributed by atoms with van der Waals surface area (Å²) in [6.07, 6.45) is -1.88. The summed E-state index contributed by atoms with van der Waals surface area (Å²) in [7, 11) is 0. The summed E-state index contributed by atoms with van der Waals surface area (Å²) in [4.78, 5) is 32.7. The summed E-state index contributed by atoms with van der Waals surface area (Å²) in [5.41, 5.74) is 0.341. The molecule has 0 amide bonds. The molecule has 0 saturated carbocycles. The van der Waals surface area contributed by atoms with Crippen LogP contribution in [-0.4, -0.2) is 84.3 Å². The summed E-state index contributed by atoms with van der Waals surface area (Å²) in [5.74, 6) is -0.119. The van der Waals surface area contributed by atoms with Gasteiger partial charge in [-0.05, 0) is 57.2 Å². The second-order valence-electron chi connectivity index (χ2n) is 11.0. The van der Waals surface area contributed by atoms with Crippen LogP contribution in [0.25, 0.3) is 0 Å². The molecule has 2 aliphatic rings. The van der Waals surface area contributed by atoms with Crippen molar-refractivity contribution < 1.29 is 33.7 Å². The van der Waals surface area contributed by atoms with Crippen LogP contribution in [0.15, 0.2) is 54.6 Å². The third-order valence-electron chi connectivity index (χ3n) is 6.53. The van der Waals surface area contributed by atoms with E-state index in [1.54, 1.807) is 74.4 Å². The van der Waals surface area contributed by atoms with Crippen molar-refractivity contribution in [2.45, 2.75) is 38.6 Å². The van der Waals surface area contributed by atoms with Crippen molar-refractivity contribution in [1.29, 1.82) is 5.26 Å². The molecule has 2 aromatic carbocycles. The van der Waals surface area contributed by atoms with Gasteiger partial charge in [0.15, 0.2) is 0 Å². The van der Waals surface area contributed by atoms with E-state index >= 15 is 0 Å². The van der Waals surface area contributed by atoms with Gasteiger partial charge in [-0.25, -0.2) is 9.59 Å². The maximum absolute atomic E-state index is 12.9. The minimum atomic E-state index is -0.771. The van der Waals surface area contributed by atoms with Crippen LogP contribution in [0.3, 0.4) is 0 Å². The molecule has 2 saturated heterocycles. The summed E-state index contributed by atoms with van der Waals surface area (Å²) in [6.45, 7) is 7.56. The van der Waals surface area contributed by atoms with Crippen molar-refractivity contribution in [2.24, 2.45) is 11.8 Å². The van der Waals surface area contributed by atoms with Crippen LogP contribution in [0, 0.1) is 23.2 Å². The van der Waals surface area contributed by atoms with Gasteiger partial charge in [-0.2, -0.15) is 5.26 Å². The second kappa shape index (κ2) is 12.5. The zero-order chi connectivity index (χ0) is 28.0. The predicted molar refractivity (Wildman–Crippen MR) is 141 cm³/mol. The Hall–Kier alpha value is -3.65. The highest BCUT2D eigenvalue weighted by atomic mass is 16.8. The Morgan fingerprint density at radius 1 is 1.03 bits per heavy atom. The van der Waals surface area contributed by atoms with E-state index in [9.17, 15) is 14.7 Å². The van der Waals surface area contributed by atoms with Crippen LogP contribution < -0.4 is 4.74 Å². The van der Waals surface area contributed by atoms with E-state index in [4.69, 9.17) is 24.3 Å². The molecular formula is C29H35N3O7. The Labute approximate surface area is 228 Å². The van der Waals surface area contributed by atoms with Crippen molar-refractivity contribution in [3.8, 4) is 11.8 Å². The molecule has 3 atom stereocenters. The summed E-state index contributed by atoms with van der Waals surface area (Å²) in [5, 5.41) is 21.2. The molecule has 10 nitrogen and oxygen atoms in total. The number of ether oxygens (including phenoxy) is 3. The lowest BCUT2D eigenvalue weighted by Gasteiger charge is -2.49. The van der Waals surface area contributed by atoms with Gasteiger partial charge in [-0.1, -0.05) is 18.2 Å². The highest BCUT2D eigenvalue weighted by Crippen LogP contribution is 2.33. The van der Waals surface area contributed by atoms with Crippen LogP contribution in [-0.2, 0) is 14.3 Å². The van der Waals surface area contributed by atoms with Crippen LogP contribution >= 0.6 is 0 Å². The fraction of sp³-hybridized carbons (Fsp3) is 0.483. The Bertz CT molecular complexity index is 1140.